The van der Waals surface area contributed by atoms with Gasteiger partial charge < -0.3 is 0 Å². The van der Waals surface area contributed by atoms with E-state index in [-0.39, 0.29) is 0 Å². The van der Waals surface area contributed by atoms with E-state index in [0.29, 0.717) is 0 Å². The summed E-state index contributed by atoms with van der Waals surface area (Å²) in [7, 11) is 0. The molecule has 0 aliphatic heterocycles. The minimum absolute atomic E-state index is 0.749. The fourth-order valence-electron chi connectivity index (χ4n) is 2.58. The Bertz CT molecular complexity index is 945. The van der Waals surface area contributed by atoms with Crippen LogP contribution in [0.25, 0.3) is 27.6 Å². The van der Waals surface area contributed by atoms with Crippen LogP contribution in [0, 0.1) is 0 Å². The molecule has 0 N–H and O–H groups in total. The molecule has 0 fully saturated rings. The van der Waals surface area contributed by atoms with Crippen molar-refractivity contribution < 1.29 is 0 Å². The molecule has 2 heterocycles. The van der Waals surface area contributed by atoms with Crippen molar-refractivity contribution in [1.82, 2.24) is 14.8 Å². The molecular formula is C18H12ClN3. The molecule has 0 aliphatic carbocycles. The Morgan fingerprint density at radius 1 is 0.818 bits per heavy atom. The molecule has 0 saturated carbocycles. The summed E-state index contributed by atoms with van der Waals surface area (Å²) in [5.41, 5.74) is 3.09. The molecule has 4 rings (SSSR count). The second kappa shape index (κ2) is 5.28. The molecule has 2 aromatic carbocycles. The van der Waals surface area contributed by atoms with E-state index >= 15 is 0 Å². The SMILES string of the molecule is Clc1ccc(-n2cc(-c3cccnc3)cn2)c2ccccc12. The number of nitrogens with zero attached hydrogens (tertiary/aromatic N) is 3. The molecule has 0 atom stereocenters. The second-order valence-electron chi connectivity index (χ2n) is 5.03. The average molecular weight is 306 g/mol. The lowest BCUT2D eigenvalue weighted by Crippen LogP contribution is -1.95. The Hall–Kier alpha value is -2.65. The molecule has 2 aromatic heterocycles. The molecule has 0 saturated heterocycles. The monoisotopic (exact) mass is 305 g/mol. The normalized spacial score (nSPS) is 11.0. The van der Waals surface area contributed by atoms with Gasteiger partial charge in [-0.3, -0.25) is 4.98 Å². The fraction of sp³-hybridized carbons (Fsp3) is 0. The van der Waals surface area contributed by atoms with E-state index in [2.05, 4.69) is 16.1 Å². The van der Waals surface area contributed by atoms with Crippen molar-refractivity contribution in [1.29, 1.82) is 0 Å². The number of benzene rings is 2. The smallest absolute Gasteiger partial charge is 0.0725 e. The third kappa shape index (κ3) is 2.16. The maximum Gasteiger partial charge on any atom is 0.0725 e. The van der Waals surface area contributed by atoms with Crippen LogP contribution in [-0.4, -0.2) is 14.8 Å². The van der Waals surface area contributed by atoms with Crippen LogP contribution < -0.4 is 0 Å². The third-order valence-corrected chi connectivity index (χ3v) is 4.00. The zero-order valence-corrected chi connectivity index (χ0v) is 12.4. The Balaban J connectivity index is 1.87. The molecule has 0 spiro atoms. The molecule has 4 aromatic rings. The number of hydrogen-bond acceptors (Lipinski definition) is 2. The summed E-state index contributed by atoms with van der Waals surface area (Å²) >= 11 is 6.28. The van der Waals surface area contributed by atoms with Gasteiger partial charge >= 0.3 is 0 Å². The van der Waals surface area contributed by atoms with E-state index in [9.17, 15) is 0 Å². The first kappa shape index (κ1) is 13.0. The van der Waals surface area contributed by atoms with Crippen molar-refractivity contribution in [2.24, 2.45) is 0 Å². The lowest BCUT2D eigenvalue weighted by atomic mass is 10.1. The first-order valence-corrected chi connectivity index (χ1v) is 7.33. The van der Waals surface area contributed by atoms with E-state index in [1.165, 1.54) is 0 Å². The molecule has 0 amide bonds. The molecule has 3 nitrogen and oxygen atoms in total. The van der Waals surface area contributed by atoms with Crippen LogP contribution in [-0.2, 0) is 0 Å². The van der Waals surface area contributed by atoms with Crippen LogP contribution in [0.5, 0.6) is 0 Å². The van der Waals surface area contributed by atoms with Gasteiger partial charge in [0.1, 0.15) is 0 Å². The Kier molecular flexibility index (Phi) is 3.13. The van der Waals surface area contributed by atoms with Crippen LogP contribution in [0.3, 0.4) is 0 Å². The van der Waals surface area contributed by atoms with E-state index < -0.39 is 0 Å². The highest BCUT2D eigenvalue weighted by Crippen LogP contribution is 2.29. The number of hydrogen-bond donors (Lipinski definition) is 0. The summed E-state index contributed by atoms with van der Waals surface area (Å²) in [6, 6.07) is 15.9. The van der Waals surface area contributed by atoms with Gasteiger partial charge in [-0.15, -0.1) is 0 Å². The Morgan fingerprint density at radius 3 is 2.50 bits per heavy atom. The molecule has 0 aliphatic rings. The van der Waals surface area contributed by atoms with Crippen LogP contribution in [0.4, 0.5) is 0 Å². The third-order valence-electron chi connectivity index (χ3n) is 3.67. The Morgan fingerprint density at radius 2 is 1.68 bits per heavy atom. The summed E-state index contributed by atoms with van der Waals surface area (Å²) in [4.78, 5) is 4.15. The predicted molar refractivity (Wildman–Crippen MR) is 89.3 cm³/mol. The quantitative estimate of drug-likeness (QED) is 0.535. The van der Waals surface area contributed by atoms with Gasteiger partial charge in [0, 0.05) is 45.5 Å². The Labute approximate surface area is 132 Å². The van der Waals surface area contributed by atoms with Gasteiger partial charge in [0.05, 0.1) is 11.9 Å². The molecule has 4 heteroatoms. The number of rotatable bonds is 2. The van der Waals surface area contributed by atoms with Crippen molar-refractivity contribution >= 4 is 22.4 Å². The van der Waals surface area contributed by atoms with Crippen LogP contribution in [0.15, 0.2) is 73.3 Å². The van der Waals surface area contributed by atoms with Gasteiger partial charge in [-0.25, -0.2) is 4.68 Å². The van der Waals surface area contributed by atoms with Gasteiger partial charge in [-0.1, -0.05) is 41.9 Å². The van der Waals surface area contributed by atoms with E-state index in [1.807, 2.05) is 65.7 Å². The summed E-state index contributed by atoms with van der Waals surface area (Å²) < 4.78 is 1.88. The first-order chi connectivity index (χ1) is 10.8. The molecule has 0 unspecified atom stereocenters. The number of fused-ring (bicyclic) bond motifs is 1. The van der Waals surface area contributed by atoms with E-state index in [1.54, 1.807) is 6.20 Å². The zero-order chi connectivity index (χ0) is 14.9. The largest absolute Gasteiger partial charge is 0.264 e. The molecular weight excluding hydrogens is 294 g/mol. The minimum Gasteiger partial charge on any atom is -0.264 e. The number of pyridine rings is 1. The van der Waals surface area contributed by atoms with Gasteiger partial charge in [-0.05, 0) is 18.2 Å². The van der Waals surface area contributed by atoms with Crippen molar-refractivity contribution in [3.05, 3.63) is 78.3 Å². The number of aromatic nitrogens is 3. The summed E-state index contributed by atoms with van der Waals surface area (Å²) in [6.07, 6.45) is 7.45. The number of halogens is 1. The van der Waals surface area contributed by atoms with Gasteiger partial charge in [0.15, 0.2) is 0 Å². The topological polar surface area (TPSA) is 30.7 Å². The highest BCUT2D eigenvalue weighted by Gasteiger charge is 2.08. The standard InChI is InChI=1S/C18H12ClN3/c19-17-7-8-18(16-6-2-1-5-15(16)17)22-12-14(11-21-22)13-4-3-9-20-10-13/h1-12H. The van der Waals surface area contributed by atoms with E-state index in [4.69, 9.17) is 11.6 Å². The molecule has 0 radical (unpaired) electrons. The average Bonchev–Trinajstić information content (AvgIpc) is 3.06. The van der Waals surface area contributed by atoms with Crippen LogP contribution in [0.1, 0.15) is 0 Å². The maximum absolute atomic E-state index is 6.28. The highest BCUT2D eigenvalue weighted by molar-refractivity contribution is 6.35. The van der Waals surface area contributed by atoms with Crippen LogP contribution >= 0.6 is 11.6 Å². The predicted octanol–water partition coefficient (Wildman–Crippen LogP) is 4.74. The van der Waals surface area contributed by atoms with Crippen molar-refractivity contribution in [3.8, 4) is 16.8 Å². The zero-order valence-electron chi connectivity index (χ0n) is 11.6. The van der Waals surface area contributed by atoms with Gasteiger partial charge in [-0.2, -0.15) is 5.10 Å². The molecule has 22 heavy (non-hydrogen) atoms. The van der Waals surface area contributed by atoms with Crippen LogP contribution in [0.2, 0.25) is 5.02 Å². The maximum atomic E-state index is 6.28. The highest BCUT2D eigenvalue weighted by atomic mass is 35.5. The van der Waals surface area contributed by atoms with Gasteiger partial charge in [0.2, 0.25) is 0 Å². The second-order valence-corrected chi connectivity index (χ2v) is 5.43. The molecule has 106 valence electrons. The lowest BCUT2D eigenvalue weighted by Gasteiger charge is -2.07. The fourth-order valence-corrected chi connectivity index (χ4v) is 2.81. The van der Waals surface area contributed by atoms with Gasteiger partial charge in [0.25, 0.3) is 0 Å². The minimum atomic E-state index is 0.749. The summed E-state index contributed by atoms with van der Waals surface area (Å²) in [5, 5.41) is 7.34. The molecule has 0 bridgehead atoms. The first-order valence-electron chi connectivity index (χ1n) is 6.95. The van der Waals surface area contributed by atoms with Crippen molar-refractivity contribution in [2.45, 2.75) is 0 Å². The van der Waals surface area contributed by atoms with Crippen molar-refractivity contribution in [2.75, 3.05) is 0 Å². The van der Waals surface area contributed by atoms with Crippen molar-refractivity contribution in [3.63, 3.8) is 0 Å². The summed E-state index contributed by atoms with van der Waals surface area (Å²) in [6.45, 7) is 0. The lowest BCUT2D eigenvalue weighted by molar-refractivity contribution is 0.888. The summed E-state index contributed by atoms with van der Waals surface area (Å²) in [5.74, 6) is 0. The van der Waals surface area contributed by atoms with E-state index in [0.717, 1.165) is 32.6 Å².